The fraction of sp³-hybridized carbons (Fsp3) is 0.257. The minimum absolute atomic E-state index is 0.0871. The maximum Gasteiger partial charge on any atom is 0.251 e. The molecule has 0 aliphatic rings. The number of benzene rings is 4. The smallest absolute Gasteiger partial charge is 0.251 e. The fourth-order valence-corrected chi connectivity index (χ4v) is 5.29. The van der Waals surface area contributed by atoms with E-state index in [0.29, 0.717) is 45.3 Å². The van der Waals surface area contributed by atoms with Gasteiger partial charge in [0, 0.05) is 32.0 Å². The van der Waals surface area contributed by atoms with Crippen molar-refractivity contribution < 1.29 is 28.5 Å². The molecule has 1 atom stereocenters. The van der Waals surface area contributed by atoms with Gasteiger partial charge in [0.25, 0.3) is 5.91 Å². The van der Waals surface area contributed by atoms with Crippen molar-refractivity contribution >= 4 is 34.2 Å². The summed E-state index contributed by atoms with van der Waals surface area (Å²) in [6, 6.07) is 24.4. The van der Waals surface area contributed by atoms with Crippen molar-refractivity contribution in [2.45, 2.75) is 19.1 Å². The second-order valence-corrected chi connectivity index (χ2v) is 10.9. The van der Waals surface area contributed by atoms with Gasteiger partial charge in [0.05, 0.1) is 34.0 Å². The zero-order valence-electron chi connectivity index (χ0n) is 27.3. The minimum atomic E-state index is -1.14. The van der Waals surface area contributed by atoms with Gasteiger partial charge in [0.2, 0.25) is 11.7 Å². The van der Waals surface area contributed by atoms with Crippen LogP contribution in [0.25, 0.3) is 11.0 Å². The Morgan fingerprint density at radius 1 is 0.830 bits per heavy atom. The van der Waals surface area contributed by atoms with Gasteiger partial charge in [-0.05, 0) is 71.8 Å². The van der Waals surface area contributed by atoms with Crippen molar-refractivity contribution in [3.8, 4) is 23.0 Å². The SMILES string of the molecule is COc1ccc(CN(C(=O)Cn2nnc3ccccc32)[C@@H](C(=O)Nc2ccc(N(C)C)cc2)c2cc(OC)c(OC)c(OC)c2)cc1. The Hall–Kier alpha value is -5.78. The summed E-state index contributed by atoms with van der Waals surface area (Å²) in [7, 11) is 9.97. The van der Waals surface area contributed by atoms with Gasteiger partial charge in [0.1, 0.15) is 23.9 Å². The fourth-order valence-electron chi connectivity index (χ4n) is 5.29. The second-order valence-electron chi connectivity index (χ2n) is 10.9. The van der Waals surface area contributed by atoms with Crippen LogP contribution < -0.4 is 29.2 Å². The molecule has 0 saturated heterocycles. The Labute approximate surface area is 273 Å². The largest absolute Gasteiger partial charge is 0.497 e. The highest BCUT2D eigenvalue weighted by Crippen LogP contribution is 2.41. The zero-order chi connectivity index (χ0) is 33.5. The molecule has 0 spiro atoms. The predicted molar refractivity (Wildman–Crippen MR) is 179 cm³/mol. The predicted octanol–water partition coefficient (Wildman–Crippen LogP) is 4.94. The summed E-state index contributed by atoms with van der Waals surface area (Å²) in [5, 5.41) is 11.5. The van der Waals surface area contributed by atoms with E-state index in [1.54, 1.807) is 19.2 Å². The standard InChI is InChI=1S/C35H38N6O6/c1-39(2)26-15-13-25(14-16-26)36-35(43)33(24-19-30(45-4)34(47-6)31(20-24)46-5)40(21-23-11-17-27(44-3)18-12-23)32(42)22-41-29-10-8-7-9-28(29)37-38-41/h7-20,33H,21-22H2,1-6H3,(H,36,43)/t33-/m1/s1. The van der Waals surface area contributed by atoms with Crippen LogP contribution in [0.1, 0.15) is 17.2 Å². The van der Waals surface area contributed by atoms with Crippen LogP contribution >= 0.6 is 0 Å². The average molecular weight is 639 g/mol. The number of amides is 2. The molecule has 12 nitrogen and oxygen atoms in total. The van der Waals surface area contributed by atoms with Gasteiger partial charge in [0.15, 0.2) is 11.5 Å². The number of ether oxygens (including phenoxy) is 4. The molecule has 244 valence electrons. The Balaban J connectivity index is 1.63. The molecule has 0 unspecified atom stereocenters. The number of fused-ring (bicyclic) bond motifs is 1. The van der Waals surface area contributed by atoms with E-state index in [9.17, 15) is 9.59 Å². The number of hydrogen-bond donors (Lipinski definition) is 1. The van der Waals surface area contributed by atoms with Crippen LogP contribution in [0.3, 0.4) is 0 Å². The highest BCUT2D eigenvalue weighted by Gasteiger charge is 2.34. The lowest BCUT2D eigenvalue weighted by atomic mass is 10.0. The van der Waals surface area contributed by atoms with E-state index in [2.05, 4.69) is 15.6 Å². The van der Waals surface area contributed by atoms with E-state index in [-0.39, 0.29) is 19.0 Å². The summed E-state index contributed by atoms with van der Waals surface area (Å²) in [5.74, 6) is 0.902. The molecule has 1 N–H and O–H groups in total. The van der Waals surface area contributed by atoms with Gasteiger partial charge >= 0.3 is 0 Å². The average Bonchev–Trinajstić information content (AvgIpc) is 3.50. The molecule has 0 bridgehead atoms. The number of nitrogens with zero attached hydrogens (tertiary/aromatic N) is 5. The van der Waals surface area contributed by atoms with Crippen LogP contribution in [0, 0.1) is 0 Å². The van der Waals surface area contributed by atoms with Crippen LogP contribution in [0.2, 0.25) is 0 Å². The summed E-state index contributed by atoms with van der Waals surface area (Å²) >= 11 is 0. The Kier molecular flexibility index (Phi) is 10.1. The Bertz CT molecular complexity index is 1810. The molecule has 5 aromatic rings. The molecular weight excluding hydrogens is 600 g/mol. The van der Waals surface area contributed by atoms with Crippen LogP contribution in [-0.4, -0.2) is 74.2 Å². The monoisotopic (exact) mass is 638 g/mol. The van der Waals surface area contributed by atoms with Crippen LogP contribution in [0.5, 0.6) is 23.0 Å². The molecule has 0 fully saturated rings. The minimum Gasteiger partial charge on any atom is -0.497 e. The van der Waals surface area contributed by atoms with E-state index in [4.69, 9.17) is 18.9 Å². The first kappa shape index (κ1) is 32.6. The first-order valence-corrected chi connectivity index (χ1v) is 14.8. The normalized spacial score (nSPS) is 11.4. The lowest BCUT2D eigenvalue weighted by Crippen LogP contribution is -2.42. The molecule has 0 radical (unpaired) electrons. The highest BCUT2D eigenvalue weighted by atomic mass is 16.5. The van der Waals surface area contributed by atoms with Gasteiger partial charge in [-0.2, -0.15) is 0 Å². The van der Waals surface area contributed by atoms with E-state index < -0.39 is 11.9 Å². The zero-order valence-corrected chi connectivity index (χ0v) is 27.3. The van der Waals surface area contributed by atoms with Gasteiger partial charge in [-0.15, -0.1) is 5.10 Å². The third-order valence-corrected chi connectivity index (χ3v) is 7.75. The van der Waals surface area contributed by atoms with Gasteiger partial charge < -0.3 is 34.1 Å². The van der Waals surface area contributed by atoms with Crippen molar-refractivity contribution in [2.75, 3.05) is 52.8 Å². The number of hydrogen-bond acceptors (Lipinski definition) is 9. The summed E-state index contributed by atoms with van der Waals surface area (Å²) in [6.45, 7) is -0.0772. The number of carbonyl (C=O) groups is 2. The molecule has 1 heterocycles. The molecule has 4 aromatic carbocycles. The van der Waals surface area contributed by atoms with Crippen molar-refractivity contribution in [2.24, 2.45) is 0 Å². The molecule has 0 saturated carbocycles. The van der Waals surface area contributed by atoms with E-state index in [1.165, 1.54) is 30.9 Å². The topological polar surface area (TPSA) is 120 Å². The van der Waals surface area contributed by atoms with Gasteiger partial charge in [-0.25, -0.2) is 4.68 Å². The maximum atomic E-state index is 14.5. The number of para-hydroxylation sites is 1. The summed E-state index contributed by atoms with van der Waals surface area (Å²) in [5.41, 5.74) is 4.12. The number of nitrogens with one attached hydrogen (secondary N) is 1. The van der Waals surface area contributed by atoms with Crippen LogP contribution in [0.4, 0.5) is 11.4 Å². The van der Waals surface area contributed by atoms with Crippen LogP contribution in [0.15, 0.2) is 84.9 Å². The number of anilines is 2. The van der Waals surface area contributed by atoms with E-state index >= 15 is 0 Å². The van der Waals surface area contributed by atoms with Crippen molar-refractivity contribution in [1.82, 2.24) is 19.9 Å². The molecule has 0 aliphatic heterocycles. The molecular formula is C35H38N6O6. The second kappa shape index (κ2) is 14.5. The summed E-state index contributed by atoms with van der Waals surface area (Å²) < 4.78 is 23.7. The number of methoxy groups -OCH3 is 4. The first-order chi connectivity index (χ1) is 22.8. The van der Waals surface area contributed by atoms with Gasteiger partial charge in [-0.3, -0.25) is 9.59 Å². The number of rotatable bonds is 13. The van der Waals surface area contributed by atoms with Gasteiger partial charge in [-0.1, -0.05) is 29.5 Å². The lowest BCUT2D eigenvalue weighted by Gasteiger charge is -2.32. The summed E-state index contributed by atoms with van der Waals surface area (Å²) in [4.78, 5) is 32.4. The Morgan fingerprint density at radius 3 is 2.09 bits per heavy atom. The molecule has 0 aliphatic carbocycles. The highest BCUT2D eigenvalue weighted by molar-refractivity contribution is 5.98. The van der Waals surface area contributed by atoms with Crippen molar-refractivity contribution in [3.05, 3.63) is 96.1 Å². The number of carbonyl (C=O) groups excluding carboxylic acids is 2. The maximum absolute atomic E-state index is 14.5. The lowest BCUT2D eigenvalue weighted by molar-refractivity contribution is -0.140. The molecule has 5 rings (SSSR count). The molecule has 2 amide bonds. The Morgan fingerprint density at radius 2 is 1.49 bits per heavy atom. The van der Waals surface area contributed by atoms with Crippen LogP contribution in [-0.2, 0) is 22.7 Å². The first-order valence-electron chi connectivity index (χ1n) is 14.8. The van der Waals surface area contributed by atoms with E-state index in [1.807, 2.05) is 91.8 Å². The third kappa shape index (κ3) is 7.22. The summed E-state index contributed by atoms with van der Waals surface area (Å²) in [6.07, 6.45) is 0. The number of aromatic nitrogens is 3. The van der Waals surface area contributed by atoms with E-state index in [0.717, 1.165) is 11.3 Å². The molecule has 1 aromatic heterocycles. The van der Waals surface area contributed by atoms with Crippen molar-refractivity contribution in [1.29, 1.82) is 0 Å². The third-order valence-electron chi connectivity index (χ3n) is 7.75. The quantitative estimate of drug-likeness (QED) is 0.191. The van der Waals surface area contributed by atoms with Crippen molar-refractivity contribution in [3.63, 3.8) is 0 Å². The molecule has 47 heavy (non-hydrogen) atoms. The molecule has 12 heteroatoms.